The van der Waals surface area contributed by atoms with E-state index in [-0.39, 0.29) is 17.7 Å². The Balaban J connectivity index is 1.77. The lowest BCUT2D eigenvalue weighted by molar-refractivity contribution is -0.138. The van der Waals surface area contributed by atoms with Gasteiger partial charge in [-0.15, -0.1) is 0 Å². The first-order valence-corrected chi connectivity index (χ1v) is 14.6. The minimum absolute atomic E-state index is 0.133. The Morgan fingerprint density at radius 1 is 1.17 bits per heavy atom. The minimum atomic E-state index is -0.894. The molecule has 5 rings (SSSR count). The normalized spacial score (nSPS) is 14.7. The number of fused-ring (bicyclic) bond motifs is 1. The molecule has 0 spiro atoms. The predicted molar refractivity (Wildman–Crippen MR) is 164 cm³/mol. The lowest BCUT2D eigenvalue weighted by Gasteiger charge is -2.25. The van der Waals surface area contributed by atoms with Crippen molar-refractivity contribution in [2.24, 2.45) is 4.99 Å². The van der Waals surface area contributed by atoms with Gasteiger partial charge in [-0.05, 0) is 64.3 Å². The van der Waals surface area contributed by atoms with E-state index < -0.39 is 17.8 Å². The fourth-order valence-electron chi connectivity index (χ4n) is 4.66. The second-order valence-corrected chi connectivity index (χ2v) is 11.0. The molecule has 2 heterocycles. The number of nitrogens with zero attached hydrogens (tertiary/aromatic N) is 2. The molecule has 1 aromatic heterocycles. The molecule has 0 aliphatic carbocycles. The Morgan fingerprint density at radius 2 is 1.90 bits per heavy atom. The number of esters is 1. The van der Waals surface area contributed by atoms with E-state index in [1.54, 1.807) is 37.3 Å². The van der Waals surface area contributed by atoms with Gasteiger partial charge in [-0.1, -0.05) is 66.5 Å². The number of hydrogen-bond donors (Lipinski definition) is 0. The van der Waals surface area contributed by atoms with Crippen molar-refractivity contribution < 1.29 is 23.4 Å². The largest absolute Gasteiger partial charge is 0.493 e. The average Bonchev–Trinajstić information content (AvgIpc) is 3.30. The number of thiazole rings is 1. The topological polar surface area (TPSA) is 79.1 Å². The van der Waals surface area contributed by atoms with Gasteiger partial charge in [-0.2, -0.15) is 0 Å². The summed E-state index contributed by atoms with van der Waals surface area (Å²) in [7, 11) is 1.53. The van der Waals surface area contributed by atoms with Crippen LogP contribution in [0.5, 0.6) is 11.5 Å². The molecule has 42 heavy (non-hydrogen) atoms. The maximum absolute atomic E-state index is 14.0. The summed E-state index contributed by atoms with van der Waals surface area (Å²) >= 11 is 4.72. The van der Waals surface area contributed by atoms with Gasteiger partial charge in [-0.3, -0.25) is 9.36 Å². The number of carbonyl (C=O) groups is 1. The maximum atomic E-state index is 14.0. The molecule has 0 N–H and O–H groups in total. The molecule has 0 bridgehead atoms. The van der Waals surface area contributed by atoms with Gasteiger partial charge in [0.1, 0.15) is 12.4 Å². The smallest absolute Gasteiger partial charge is 0.338 e. The molecular formula is C32H26BrFN2O5S. The zero-order valence-electron chi connectivity index (χ0n) is 22.8. The van der Waals surface area contributed by atoms with E-state index in [9.17, 15) is 14.0 Å². The molecule has 0 unspecified atom stereocenters. The fraction of sp³-hybridized carbons (Fsp3) is 0.156. The SMILES string of the molecule is C=CCOc1c(Br)cc(/C=c2\sc3n(c2=O)[C@@H](c2ccc(F)cc2)C(C(=O)OCC)=C(c2ccccc2)N=3)cc1OC. The Bertz CT molecular complexity index is 1860. The Morgan fingerprint density at radius 3 is 2.57 bits per heavy atom. The van der Waals surface area contributed by atoms with Crippen LogP contribution in [0.3, 0.4) is 0 Å². The number of aromatic nitrogens is 1. The molecule has 4 aromatic rings. The van der Waals surface area contributed by atoms with E-state index >= 15 is 0 Å². The molecule has 1 aliphatic heterocycles. The van der Waals surface area contributed by atoms with Gasteiger partial charge in [0.2, 0.25) is 0 Å². The van der Waals surface area contributed by atoms with Crippen LogP contribution >= 0.6 is 27.3 Å². The summed E-state index contributed by atoms with van der Waals surface area (Å²) in [6.45, 7) is 5.82. The van der Waals surface area contributed by atoms with Crippen molar-refractivity contribution in [3.8, 4) is 11.5 Å². The molecule has 1 atom stereocenters. The van der Waals surface area contributed by atoms with Crippen molar-refractivity contribution in [2.75, 3.05) is 20.3 Å². The van der Waals surface area contributed by atoms with Gasteiger partial charge < -0.3 is 14.2 Å². The number of ether oxygens (including phenoxy) is 3. The average molecular weight is 650 g/mol. The van der Waals surface area contributed by atoms with E-state index in [4.69, 9.17) is 19.2 Å². The zero-order valence-corrected chi connectivity index (χ0v) is 25.2. The summed E-state index contributed by atoms with van der Waals surface area (Å²) < 4.78 is 33.2. The molecular weight excluding hydrogens is 623 g/mol. The van der Waals surface area contributed by atoms with Gasteiger partial charge in [0.15, 0.2) is 16.3 Å². The van der Waals surface area contributed by atoms with Crippen molar-refractivity contribution in [2.45, 2.75) is 13.0 Å². The van der Waals surface area contributed by atoms with Crippen LogP contribution in [0.2, 0.25) is 0 Å². The summed E-state index contributed by atoms with van der Waals surface area (Å²) in [5.41, 5.74) is 2.15. The van der Waals surface area contributed by atoms with Crippen molar-refractivity contribution in [3.05, 3.63) is 132 Å². The Hall–Kier alpha value is -4.28. The van der Waals surface area contributed by atoms with Gasteiger partial charge >= 0.3 is 5.97 Å². The van der Waals surface area contributed by atoms with Crippen LogP contribution < -0.4 is 24.4 Å². The molecule has 0 saturated heterocycles. The second kappa shape index (κ2) is 12.7. The summed E-state index contributed by atoms with van der Waals surface area (Å²) in [5, 5.41) is 0. The van der Waals surface area contributed by atoms with E-state index in [2.05, 4.69) is 22.5 Å². The van der Waals surface area contributed by atoms with E-state index in [1.807, 2.05) is 36.4 Å². The Kier molecular flexibility index (Phi) is 8.84. The zero-order chi connectivity index (χ0) is 29.8. The van der Waals surface area contributed by atoms with Gasteiger partial charge in [0, 0.05) is 5.56 Å². The summed E-state index contributed by atoms with van der Waals surface area (Å²) in [6.07, 6.45) is 3.36. The van der Waals surface area contributed by atoms with Crippen LogP contribution in [0.1, 0.15) is 29.7 Å². The number of halogens is 2. The first-order chi connectivity index (χ1) is 20.4. The summed E-state index contributed by atoms with van der Waals surface area (Å²) in [6, 6.07) is 17.6. The van der Waals surface area contributed by atoms with Crippen molar-refractivity contribution in [3.63, 3.8) is 0 Å². The highest BCUT2D eigenvalue weighted by atomic mass is 79.9. The number of carbonyl (C=O) groups excluding carboxylic acids is 1. The third-order valence-corrected chi connectivity index (χ3v) is 8.03. The van der Waals surface area contributed by atoms with Crippen LogP contribution in [0, 0.1) is 5.82 Å². The molecule has 0 amide bonds. The third kappa shape index (κ3) is 5.73. The number of methoxy groups -OCH3 is 1. The molecule has 214 valence electrons. The monoisotopic (exact) mass is 648 g/mol. The first-order valence-electron chi connectivity index (χ1n) is 13.0. The molecule has 1 aliphatic rings. The molecule has 0 fully saturated rings. The molecule has 0 radical (unpaired) electrons. The van der Waals surface area contributed by atoms with Crippen LogP contribution in [-0.2, 0) is 9.53 Å². The lowest BCUT2D eigenvalue weighted by Crippen LogP contribution is -2.40. The fourth-order valence-corrected chi connectivity index (χ4v) is 6.23. The second-order valence-electron chi connectivity index (χ2n) is 9.12. The number of rotatable bonds is 9. The minimum Gasteiger partial charge on any atom is -0.493 e. The van der Waals surface area contributed by atoms with Gasteiger partial charge in [-0.25, -0.2) is 14.2 Å². The summed E-state index contributed by atoms with van der Waals surface area (Å²) in [5.74, 6) is -0.0482. The maximum Gasteiger partial charge on any atom is 0.338 e. The highest BCUT2D eigenvalue weighted by molar-refractivity contribution is 9.10. The number of benzene rings is 3. The highest BCUT2D eigenvalue weighted by Gasteiger charge is 2.35. The van der Waals surface area contributed by atoms with Crippen LogP contribution in [0.15, 0.2) is 99.2 Å². The van der Waals surface area contributed by atoms with Crippen LogP contribution in [-0.4, -0.2) is 30.9 Å². The van der Waals surface area contributed by atoms with Crippen LogP contribution in [0.4, 0.5) is 4.39 Å². The van der Waals surface area contributed by atoms with E-state index in [0.29, 0.717) is 54.3 Å². The molecule has 10 heteroatoms. The van der Waals surface area contributed by atoms with E-state index in [1.165, 1.54) is 35.1 Å². The van der Waals surface area contributed by atoms with Gasteiger partial charge in [0.25, 0.3) is 5.56 Å². The first kappa shape index (κ1) is 29.2. The summed E-state index contributed by atoms with van der Waals surface area (Å²) in [4.78, 5) is 32.7. The lowest BCUT2D eigenvalue weighted by atomic mass is 9.93. The Labute approximate surface area is 253 Å². The molecule has 3 aromatic carbocycles. The van der Waals surface area contributed by atoms with Crippen molar-refractivity contribution in [1.29, 1.82) is 0 Å². The molecule has 7 nitrogen and oxygen atoms in total. The van der Waals surface area contributed by atoms with Crippen LogP contribution in [0.25, 0.3) is 11.8 Å². The van der Waals surface area contributed by atoms with Crippen molar-refractivity contribution >= 4 is 45.0 Å². The van der Waals surface area contributed by atoms with Gasteiger partial charge in [0.05, 0.1) is 40.0 Å². The third-order valence-electron chi connectivity index (χ3n) is 6.45. The highest BCUT2D eigenvalue weighted by Crippen LogP contribution is 2.37. The quantitative estimate of drug-likeness (QED) is 0.179. The number of hydrogen-bond acceptors (Lipinski definition) is 7. The van der Waals surface area contributed by atoms with E-state index in [0.717, 1.165) is 0 Å². The standard InChI is InChI=1S/C32H26BrFN2O5S/c1-4-15-41-29-23(33)16-19(17-24(29)39-3)18-25-30(37)36-28(21-11-13-22(34)14-12-21)26(31(38)40-5-2)27(35-32(36)42-25)20-9-7-6-8-10-20/h4,6-14,16-18,28H,1,5,15H2,2-3H3/b25-18-/t28-/m0/s1. The molecule has 0 saturated carbocycles. The van der Waals surface area contributed by atoms with Crippen molar-refractivity contribution in [1.82, 2.24) is 4.57 Å². The predicted octanol–water partition coefficient (Wildman–Crippen LogP) is 5.41.